The van der Waals surface area contributed by atoms with Crippen molar-refractivity contribution in [2.45, 2.75) is 51.9 Å². The smallest absolute Gasteiger partial charge is 0.412 e. The van der Waals surface area contributed by atoms with Crippen LogP contribution in [-0.4, -0.2) is 44.8 Å². The van der Waals surface area contributed by atoms with Crippen LogP contribution in [0.5, 0.6) is 0 Å². The summed E-state index contributed by atoms with van der Waals surface area (Å²) in [4.78, 5) is 14.3. The quantitative estimate of drug-likeness (QED) is 0.437. The first kappa shape index (κ1) is 26.3. The highest BCUT2D eigenvalue weighted by atomic mass is 19.1. The van der Waals surface area contributed by atoms with E-state index in [2.05, 4.69) is 17.2 Å². The predicted octanol–water partition coefficient (Wildman–Crippen LogP) is 5.13. The number of hydrogen-bond acceptors (Lipinski definition) is 6. The van der Waals surface area contributed by atoms with Gasteiger partial charge in [0.25, 0.3) is 0 Å². The van der Waals surface area contributed by atoms with E-state index in [0.29, 0.717) is 35.7 Å². The predicted molar refractivity (Wildman–Crippen MR) is 136 cm³/mol. The van der Waals surface area contributed by atoms with Crippen molar-refractivity contribution in [3.05, 3.63) is 53.3 Å². The summed E-state index contributed by atoms with van der Waals surface area (Å²) in [5, 5.41) is 2.72. The van der Waals surface area contributed by atoms with E-state index in [9.17, 15) is 9.18 Å². The number of rotatable bonds is 6. The molecule has 188 valence electrons. The van der Waals surface area contributed by atoms with E-state index in [1.165, 1.54) is 12.1 Å². The van der Waals surface area contributed by atoms with Gasteiger partial charge in [-0.05, 0) is 76.4 Å². The molecule has 0 spiro atoms. The highest BCUT2D eigenvalue weighted by Crippen LogP contribution is 2.30. The van der Waals surface area contributed by atoms with Crippen LogP contribution in [0.25, 0.3) is 0 Å². The van der Waals surface area contributed by atoms with Gasteiger partial charge < -0.3 is 24.8 Å². The molecule has 1 saturated heterocycles. The lowest BCUT2D eigenvalue weighted by atomic mass is 10.1. The molecule has 3 rings (SSSR count). The lowest BCUT2D eigenvalue weighted by Crippen LogP contribution is -2.29. The van der Waals surface area contributed by atoms with E-state index in [1.807, 2.05) is 11.9 Å². The first-order chi connectivity index (χ1) is 16.6. The first-order valence-electron chi connectivity index (χ1n) is 11.8. The molecule has 0 aromatic heterocycles. The Morgan fingerprint density at radius 3 is 2.63 bits per heavy atom. The number of nitrogens with one attached hydrogen (secondary N) is 1. The molecule has 7 nitrogen and oxygen atoms in total. The molecule has 0 saturated carbocycles. The third-order valence-corrected chi connectivity index (χ3v) is 5.27. The molecule has 0 bridgehead atoms. The van der Waals surface area contributed by atoms with Gasteiger partial charge in [-0.2, -0.15) is 0 Å². The number of nitrogen functional groups attached to an aromatic ring is 1. The molecule has 3 N–H and O–H groups in total. The molecule has 35 heavy (non-hydrogen) atoms. The van der Waals surface area contributed by atoms with Crippen LogP contribution >= 0.6 is 0 Å². The molecule has 1 amide bonds. The fourth-order valence-corrected chi connectivity index (χ4v) is 3.50. The highest BCUT2D eigenvalue weighted by Gasteiger charge is 2.19. The van der Waals surface area contributed by atoms with Gasteiger partial charge in [0.1, 0.15) is 11.4 Å². The SMILES string of the molecule is CN(CCOC1CCCCO1)c1cc(NC(=O)OC(C)(C)C)c(N)cc1C#Cc1ccc(F)cc1. The van der Waals surface area contributed by atoms with Crippen molar-refractivity contribution >= 4 is 23.2 Å². The zero-order valence-electron chi connectivity index (χ0n) is 20.8. The Labute approximate surface area is 206 Å². The number of carbonyl (C=O) groups is 1. The monoisotopic (exact) mass is 483 g/mol. The van der Waals surface area contributed by atoms with Crippen LogP contribution in [0.2, 0.25) is 0 Å². The number of benzene rings is 2. The van der Waals surface area contributed by atoms with E-state index in [4.69, 9.17) is 19.9 Å². The lowest BCUT2D eigenvalue weighted by Gasteiger charge is -2.26. The maximum absolute atomic E-state index is 13.2. The number of amides is 1. The molecule has 2 aromatic rings. The average molecular weight is 484 g/mol. The maximum atomic E-state index is 13.2. The van der Waals surface area contributed by atoms with Crippen molar-refractivity contribution in [1.82, 2.24) is 0 Å². The van der Waals surface area contributed by atoms with Crippen LogP contribution < -0.4 is 16.0 Å². The maximum Gasteiger partial charge on any atom is 0.412 e. The molecular weight excluding hydrogens is 449 g/mol. The van der Waals surface area contributed by atoms with Gasteiger partial charge >= 0.3 is 6.09 Å². The third-order valence-electron chi connectivity index (χ3n) is 5.27. The Kier molecular flexibility index (Phi) is 8.96. The van der Waals surface area contributed by atoms with Gasteiger partial charge in [-0.1, -0.05) is 11.8 Å². The zero-order valence-corrected chi connectivity index (χ0v) is 20.8. The number of likely N-dealkylation sites (N-methyl/N-ethyl adjacent to an activating group) is 1. The minimum absolute atomic E-state index is 0.175. The Morgan fingerprint density at radius 1 is 1.23 bits per heavy atom. The second-order valence-electron chi connectivity index (χ2n) is 9.43. The molecule has 2 aromatic carbocycles. The second-order valence-corrected chi connectivity index (χ2v) is 9.43. The van der Waals surface area contributed by atoms with Gasteiger partial charge in [-0.25, -0.2) is 9.18 Å². The second kappa shape index (κ2) is 11.9. The molecule has 1 atom stereocenters. The van der Waals surface area contributed by atoms with Gasteiger partial charge in [0, 0.05) is 25.8 Å². The largest absolute Gasteiger partial charge is 0.444 e. The molecule has 1 aliphatic rings. The van der Waals surface area contributed by atoms with Crippen LogP contribution in [-0.2, 0) is 14.2 Å². The first-order valence-corrected chi connectivity index (χ1v) is 11.8. The van der Waals surface area contributed by atoms with Gasteiger partial charge in [0.15, 0.2) is 6.29 Å². The standard InChI is InChI=1S/C27H34FN3O4/c1-27(2,3)35-26(32)30-23-18-24(31(4)14-16-34-25-7-5-6-15-33-25)20(17-22(23)29)11-8-19-9-12-21(28)13-10-19/h9-10,12-13,17-18,25H,5-7,14-16,29H2,1-4H3,(H,30,32). The molecule has 0 aliphatic carbocycles. The summed E-state index contributed by atoms with van der Waals surface area (Å²) in [7, 11) is 1.91. The normalized spacial score (nSPS) is 15.6. The fraction of sp³-hybridized carbons (Fsp3) is 0.444. The third kappa shape index (κ3) is 8.46. The van der Waals surface area contributed by atoms with E-state index >= 15 is 0 Å². The number of anilines is 3. The lowest BCUT2D eigenvalue weighted by molar-refractivity contribution is -0.160. The molecule has 1 aliphatic heterocycles. The van der Waals surface area contributed by atoms with Crippen LogP contribution in [0, 0.1) is 17.7 Å². The highest BCUT2D eigenvalue weighted by molar-refractivity contribution is 5.91. The minimum Gasteiger partial charge on any atom is -0.444 e. The summed E-state index contributed by atoms with van der Waals surface area (Å²) in [5.74, 6) is 5.85. The number of carbonyl (C=O) groups excluding carboxylic acids is 1. The Bertz CT molecular complexity index is 1060. The summed E-state index contributed by atoms with van der Waals surface area (Å²) >= 11 is 0. The van der Waals surface area contributed by atoms with Crippen molar-refractivity contribution in [2.24, 2.45) is 0 Å². The summed E-state index contributed by atoms with van der Waals surface area (Å²) in [5.41, 5.74) is 8.47. The van der Waals surface area contributed by atoms with Crippen LogP contribution in [0.4, 0.5) is 26.2 Å². The number of halogens is 1. The van der Waals surface area contributed by atoms with Crippen LogP contribution in [0.1, 0.15) is 51.2 Å². The molecule has 1 unspecified atom stereocenters. The van der Waals surface area contributed by atoms with Crippen molar-refractivity contribution in [1.29, 1.82) is 0 Å². The molecular formula is C27H34FN3O4. The molecule has 1 fully saturated rings. The number of nitrogens with zero attached hydrogens (tertiary/aromatic N) is 1. The van der Waals surface area contributed by atoms with Crippen molar-refractivity contribution < 1.29 is 23.4 Å². The summed E-state index contributed by atoms with van der Waals surface area (Å²) < 4.78 is 30.1. The summed E-state index contributed by atoms with van der Waals surface area (Å²) in [6.07, 6.45) is 2.28. The van der Waals surface area contributed by atoms with E-state index in [1.54, 1.807) is 45.0 Å². The molecule has 8 heteroatoms. The van der Waals surface area contributed by atoms with Crippen molar-refractivity contribution in [2.75, 3.05) is 42.8 Å². The Balaban J connectivity index is 1.82. The number of hydrogen-bond donors (Lipinski definition) is 2. The molecule has 0 radical (unpaired) electrons. The van der Waals surface area contributed by atoms with Crippen LogP contribution in [0.15, 0.2) is 36.4 Å². The van der Waals surface area contributed by atoms with Crippen molar-refractivity contribution in [3.63, 3.8) is 0 Å². The topological polar surface area (TPSA) is 86.0 Å². The van der Waals surface area contributed by atoms with Gasteiger partial charge in [0.2, 0.25) is 0 Å². The van der Waals surface area contributed by atoms with Crippen LogP contribution in [0.3, 0.4) is 0 Å². The summed E-state index contributed by atoms with van der Waals surface area (Å²) in [6.45, 7) is 7.13. The fourth-order valence-electron chi connectivity index (χ4n) is 3.50. The van der Waals surface area contributed by atoms with Gasteiger partial charge in [-0.3, -0.25) is 5.32 Å². The van der Waals surface area contributed by atoms with Crippen molar-refractivity contribution in [3.8, 4) is 11.8 Å². The Morgan fingerprint density at radius 2 is 1.97 bits per heavy atom. The zero-order chi connectivity index (χ0) is 25.4. The number of ether oxygens (including phenoxy) is 3. The van der Waals surface area contributed by atoms with E-state index in [-0.39, 0.29) is 12.1 Å². The van der Waals surface area contributed by atoms with E-state index in [0.717, 1.165) is 31.6 Å². The summed E-state index contributed by atoms with van der Waals surface area (Å²) in [6, 6.07) is 9.44. The van der Waals surface area contributed by atoms with Gasteiger partial charge in [0.05, 0.1) is 29.2 Å². The van der Waals surface area contributed by atoms with Gasteiger partial charge in [-0.15, -0.1) is 0 Å². The molecule has 1 heterocycles. The minimum atomic E-state index is -0.641. The number of nitrogens with two attached hydrogens (primary N) is 1. The average Bonchev–Trinajstić information content (AvgIpc) is 2.79. The van der Waals surface area contributed by atoms with E-state index < -0.39 is 11.7 Å². The Hall–Kier alpha value is -3.28.